The van der Waals surface area contributed by atoms with E-state index in [1.54, 1.807) is 24.5 Å². The summed E-state index contributed by atoms with van der Waals surface area (Å²) in [6.07, 6.45) is 5.00. The van der Waals surface area contributed by atoms with Crippen LogP contribution in [0, 0.1) is 12.8 Å². The lowest BCUT2D eigenvalue weighted by Crippen LogP contribution is -2.38. The van der Waals surface area contributed by atoms with E-state index in [9.17, 15) is 4.79 Å². The molecule has 2 aromatic heterocycles. The molecule has 3 heterocycles. The van der Waals surface area contributed by atoms with Crippen molar-refractivity contribution in [1.82, 2.24) is 15.2 Å². The van der Waals surface area contributed by atoms with Crippen LogP contribution in [0.15, 0.2) is 36.7 Å². The van der Waals surface area contributed by atoms with Crippen molar-refractivity contribution in [1.29, 1.82) is 0 Å². The first-order valence-corrected chi connectivity index (χ1v) is 7.48. The number of anilines is 2. The Balaban J connectivity index is 1.55. The SMILES string of the molecule is Cc1ccc(N2CCC(C(=O)Nc3ccncc3)CC2)nn1. The van der Waals surface area contributed by atoms with Gasteiger partial charge in [0.15, 0.2) is 5.82 Å². The van der Waals surface area contributed by atoms with Crippen LogP contribution in [-0.4, -0.2) is 34.2 Å². The number of hydrogen-bond acceptors (Lipinski definition) is 5. The van der Waals surface area contributed by atoms with Crippen LogP contribution in [-0.2, 0) is 4.79 Å². The normalized spacial score (nSPS) is 15.6. The predicted octanol–water partition coefficient (Wildman–Crippen LogP) is 2.04. The number of carbonyl (C=O) groups excluding carboxylic acids is 1. The molecule has 1 saturated heterocycles. The van der Waals surface area contributed by atoms with Crippen LogP contribution in [0.2, 0.25) is 0 Å². The van der Waals surface area contributed by atoms with Gasteiger partial charge in [-0.2, -0.15) is 5.10 Å². The molecule has 0 saturated carbocycles. The molecule has 0 atom stereocenters. The molecule has 0 spiro atoms. The lowest BCUT2D eigenvalue weighted by atomic mass is 9.96. The fourth-order valence-electron chi connectivity index (χ4n) is 2.61. The number of nitrogens with zero attached hydrogens (tertiary/aromatic N) is 4. The second-order valence-electron chi connectivity index (χ2n) is 5.52. The molecular formula is C16H19N5O. The molecule has 1 amide bonds. The van der Waals surface area contributed by atoms with Crippen LogP contribution >= 0.6 is 0 Å². The number of nitrogens with one attached hydrogen (secondary N) is 1. The highest BCUT2D eigenvalue weighted by Crippen LogP contribution is 2.22. The van der Waals surface area contributed by atoms with Gasteiger partial charge in [-0.3, -0.25) is 9.78 Å². The Morgan fingerprint density at radius 1 is 1.14 bits per heavy atom. The summed E-state index contributed by atoms with van der Waals surface area (Å²) in [7, 11) is 0. The molecule has 2 aromatic rings. The largest absolute Gasteiger partial charge is 0.355 e. The molecule has 0 aromatic carbocycles. The number of aryl methyl sites for hydroxylation is 1. The minimum absolute atomic E-state index is 0.0443. The van der Waals surface area contributed by atoms with Crippen molar-refractivity contribution in [2.24, 2.45) is 5.92 Å². The molecule has 114 valence electrons. The lowest BCUT2D eigenvalue weighted by Gasteiger charge is -2.31. The minimum Gasteiger partial charge on any atom is -0.355 e. The molecule has 1 aliphatic rings. The van der Waals surface area contributed by atoms with Gasteiger partial charge in [-0.1, -0.05) is 0 Å². The molecule has 6 nitrogen and oxygen atoms in total. The first-order chi connectivity index (χ1) is 10.7. The molecule has 22 heavy (non-hydrogen) atoms. The van der Waals surface area contributed by atoms with Crippen LogP contribution < -0.4 is 10.2 Å². The number of aromatic nitrogens is 3. The summed E-state index contributed by atoms with van der Waals surface area (Å²) in [4.78, 5) is 18.4. The van der Waals surface area contributed by atoms with E-state index in [0.717, 1.165) is 43.1 Å². The maximum absolute atomic E-state index is 12.3. The van der Waals surface area contributed by atoms with Gasteiger partial charge >= 0.3 is 0 Å². The van der Waals surface area contributed by atoms with E-state index >= 15 is 0 Å². The van der Waals surface area contributed by atoms with Crippen molar-refractivity contribution in [3.63, 3.8) is 0 Å². The Bertz CT molecular complexity index is 621. The van der Waals surface area contributed by atoms with Crippen LogP contribution in [0.1, 0.15) is 18.5 Å². The van der Waals surface area contributed by atoms with E-state index in [2.05, 4.69) is 25.4 Å². The number of rotatable bonds is 3. The van der Waals surface area contributed by atoms with Crippen molar-refractivity contribution < 1.29 is 4.79 Å². The average Bonchev–Trinajstić information content (AvgIpc) is 2.57. The Morgan fingerprint density at radius 2 is 1.86 bits per heavy atom. The number of amides is 1. The maximum atomic E-state index is 12.3. The molecule has 1 fully saturated rings. The van der Waals surface area contributed by atoms with E-state index in [0.29, 0.717) is 0 Å². The highest BCUT2D eigenvalue weighted by Gasteiger charge is 2.25. The summed E-state index contributed by atoms with van der Waals surface area (Å²) in [6.45, 7) is 3.57. The molecule has 0 bridgehead atoms. The fourth-order valence-corrected chi connectivity index (χ4v) is 2.61. The lowest BCUT2D eigenvalue weighted by molar-refractivity contribution is -0.120. The fraction of sp³-hybridized carbons (Fsp3) is 0.375. The Labute approximate surface area is 129 Å². The summed E-state index contributed by atoms with van der Waals surface area (Å²) in [5, 5.41) is 11.2. The Morgan fingerprint density at radius 3 is 2.50 bits per heavy atom. The zero-order valence-corrected chi connectivity index (χ0v) is 12.6. The van der Waals surface area contributed by atoms with Crippen molar-refractivity contribution in [2.45, 2.75) is 19.8 Å². The average molecular weight is 297 g/mol. The summed E-state index contributed by atoms with van der Waals surface area (Å²) in [6, 6.07) is 7.55. The molecule has 1 aliphatic heterocycles. The summed E-state index contributed by atoms with van der Waals surface area (Å²) < 4.78 is 0. The number of pyridine rings is 1. The monoisotopic (exact) mass is 297 g/mol. The number of piperidine rings is 1. The molecule has 3 rings (SSSR count). The van der Waals surface area contributed by atoms with Crippen LogP contribution in [0.5, 0.6) is 0 Å². The van der Waals surface area contributed by atoms with E-state index in [1.807, 2.05) is 19.1 Å². The molecule has 1 N–H and O–H groups in total. The zero-order valence-electron chi connectivity index (χ0n) is 12.6. The van der Waals surface area contributed by atoms with Gasteiger partial charge in [-0.05, 0) is 44.0 Å². The quantitative estimate of drug-likeness (QED) is 0.938. The molecule has 6 heteroatoms. The van der Waals surface area contributed by atoms with E-state index in [-0.39, 0.29) is 11.8 Å². The number of carbonyl (C=O) groups is 1. The van der Waals surface area contributed by atoms with Gasteiger partial charge in [-0.15, -0.1) is 5.10 Å². The summed E-state index contributed by atoms with van der Waals surface area (Å²) >= 11 is 0. The maximum Gasteiger partial charge on any atom is 0.227 e. The first kappa shape index (κ1) is 14.4. The van der Waals surface area contributed by atoms with Gasteiger partial charge in [-0.25, -0.2) is 0 Å². The third kappa shape index (κ3) is 3.39. The van der Waals surface area contributed by atoms with E-state index in [1.165, 1.54) is 0 Å². The van der Waals surface area contributed by atoms with Gasteiger partial charge < -0.3 is 10.2 Å². The third-order valence-electron chi connectivity index (χ3n) is 3.92. The molecule has 0 radical (unpaired) electrons. The van der Waals surface area contributed by atoms with E-state index in [4.69, 9.17) is 0 Å². The van der Waals surface area contributed by atoms with Gasteiger partial charge in [0.1, 0.15) is 0 Å². The smallest absolute Gasteiger partial charge is 0.227 e. The third-order valence-corrected chi connectivity index (χ3v) is 3.92. The molecule has 0 aliphatic carbocycles. The van der Waals surface area contributed by atoms with Crippen LogP contribution in [0.3, 0.4) is 0 Å². The van der Waals surface area contributed by atoms with Crippen LogP contribution in [0.4, 0.5) is 11.5 Å². The Hall–Kier alpha value is -2.50. The minimum atomic E-state index is 0.0443. The zero-order chi connectivity index (χ0) is 15.4. The van der Waals surface area contributed by atoms with Crippen molar-refractivity contribution in [2.75, 3.05) is 23.3 Å². The topological polar surface area (TPSA) is 71.0 Å². The standard InChI is InChI=1S/C16H19N5O/c1-12-2-3-15(20-19-12)21-10-6-13(7-11-21)16(22)18-14-4-8-17-9-5-14/h2-5,8-9,13H,6-7,10-11H2,1H3,(H,17,18,22). The van der Waals surface area contributed by atoms with Gasteiger partial charge in [0.25, 0.3) is 0 Å². The van der Waals surface area contributed by atoms with E-state index < -0.39 is 0 Å². The highest BCUT2D eigenvalue weighted by atomic mass is 16.1. The Kier molecular flexibility index (Phi) is 4.27. The van der Waals surface area contributed by atoms with Crippen molar-refractivity contribution >= 4 is 17.4 Å². The summed E-state index contributed by atoms with van der Waals surface area (Å²) in [5.74, 6) is 1.02. The second kappa shape index (κ2) is 6.51. The molecule has 0 unspecified atom stereocenters. The number of hydrogen-bond donors (Lipinski definition) is 1. The van der Waals surface area contributed by atoms with Gasteiger partial charge in [0, 0.05) is 37.1 Å². The second-order valence-corrected chi connectivity index (χ2v) is 5.52. The highest BCUT2D eigenvalue weighted by molar-refractivity contribution is 5.92. The summed E-state index contributed by atoms with van der Waals surface area (Å²) in [5.41, 5.74) is 1.71. The molecular weight excluding hydrogens is 278 g/mol. The van der Waals surface area contributed by atoms with Crippen molar-refractivity contribution in [3.05, 3.63) is 42.4 Å². The van der Waals surface area contributed by atoms with Crippen LogP contribution in [0.25, 0.3) is 0 Å². The first-order valence-electron chi connectivity index (χ1n) is 7.48. The van der Waals surface area contributed by atoms with Gasteiger partial charge in [0.2, 0.25) is 5.91 Å². The van der Waals surface area contributed by atoms with Crippen molar-refractivity contribution in [3.8, 4) is 0 Å². The van der Waals surface area contributed by atoms with Gasteiger partial charge in [0.05, 0.1) is 5.69 Å². The predicted molar refractivity (Wildman–Crippen MR) is 84.6 cm³/mol.